The van der Waals surface area contributed by atoms with Gasteiger partial charge < -0.3 is 10.4 Å². The summed E-state index contributed by atoms with van der Waals surface area (Å²) in [5, 5.41) is 12.7. The van der Waals surface area contributed by atoms with E-state index in [1.54, 1.807) is 30.5 Å². The lowest BCUT2D eigenvalue weighted by Gasteiger charge is -2.05. The van der Waals surface area contributed by atoms with E-state index in [-0.39, 0.29) is 11.3 Å². The Labute approximate surface area is 138 Å². The number of aromatic nitrogens is 1. The van der Waals surface area contributed by atoms with Crippen LogP contribution in [0.25, 0.3) is 17.0 Å². The van der Waals surface area contributed by atoms with Gasteiger partial charge in [-0.15, -0.1) is 0 Å². The highest BCUT2D eigenvalue weighted by Crippen LogP contribution is 2.16. The third kappa shape index (κ3) is 3.47. The predicted molar refractivity (Wildman–Crippen MR) is 92.8 cm³/mol. The van der Waals surface area contributed by atoms with Gasteiger partial charge in [-0.3, -0.25) is 9.78 Å². The number of carboxylic acid groups (broad SMARTS) is 1. The molecule has 1 amide bonds. The molecular formula is C19H14N2O3. The number of rotatable bonds is 4. The highest BCUT2D eigenvalue weighted by Gasteiger charge is 2.10. The summed E-state index contributed by atoms with van der Waals surface area (Å²) in [6, 6.07) is 15.9. The predicted octanol–water partition coefficient (Wildman–Crippen LogP) is 3.58. The number of nitrogens with one attached hydrogen (secondary N) is 1. The molecular weight excluding hydrogens is 304 g/mol. The molecule has 0 atom stereocenters. The van der Waals surface area contributed by atoms with E-state index in [1.807, 2.05) is 30.3 Å². The van der Waals surface area contributed by atoms with Crippen LogP contribution in [-0.4, -0.2) is 22.0 Å². The number of hydrogen-bond donors (Lipinski definition) is 2. The molecule has 0 aliphatic carbocycles. The second-order valence-electron chi connectivity index (χ2n) is 5.13. The molecule has 0 unspecified atom stereocenters. The fraction of sp³-hybridized carbons (Fsp3) is 0. The van der Waals surface area contributed by atoms with Crippen molar-refractivity contribution in [1.82, 2.24) is 4.98 Å². The van der Waals surface area contributed by atoms with Gasteiger partial charge in [0.25, 0.3) is 0 Å². The minimum Gasteiger partial charge on any atom is -0.478 e. The van der Waals surface area contributed by atoms with E-state index in [9.17, 15) is 9.59 Å². The SMILES string of the molecule is O=C(/C=C/c1cnc2ccccc2c1)Nc1ccccc1C(=O)O. The summed E-state index contributed by atoms with van der Waals surface area (Å²) in [4.78, 5) is 27.5. The minimum absolute atomic E-state index is 0.0478. The number of carbonyl (C=O) groups excluding carboxylic acids is 1. The van der Waals surface area contributed by atoms with Crippen molar-refractivity contribution in [2.45, 2.75) is 0 Å². The first-order valence-corrected chi connectivity index (χ1v) is 7.30. The van der Waals surface area contributed by atoms with Crippen molar-refractivity contribution in [3.05, 3.63) is 78.0 Å². The van der Waals surface area contributed by atoms with Gasteiger partial charge >= 0.3 is 5.97 Å². The Morgan fingerprint density at radius 2 is 1.79 bits per heavy atom. The zero-order valence-electron chi connectivity index (χ0n) is 12.6. The first-order chi connectivity index (χ1) is 11.6. The number of carboxylic acids is 1. The van der Waals surface area contributed by atoms with Gasteiger partial charge in [-0.1, -0.05) is 30.3 Å². The van der Waals surface area contributed by atoms with Gasteiger partial charge in [-0.05, 0) is 35.9 Å². The standard InChI is InChI=1S/C19H14N2O3/c22-18(21-17-8-4-2-6-15(17)19(23)24)10-9-13-11-14-5-1-3-7-16(14)20-12-13/h1-12H,(H,21,22)(H,23,24)/b10-9+. The van der Waals surface area contributed by atoms with Crippen molar-refractivity contribution < 1.29 is 14.7 Å². The van der Waals surface area contributed by atoms with Crippen LogP contribution in [0.4, 0.5) is 5.69 Å². The molecule has 1 heterocycles. The number of aromatic carboxylic acids is 1. The van der Waals surface area contributed by atoms with Gasteiger partial charge in [0, 0.05) is 17.7 Å². The molecule has 0 spiro atoms. The number of hydrogen-bond acceptors (Lipinski definition) is 3. The zero-order valence-corrected chi connectivity index (χ0v) is 12.6. The van der Waals surface area contributed by atoms with Crippen molar-refractivity contribution in [2.24, 2.45) is 0 Å². The average Bonchev–Trinajstić information content (AvgIpc) is 2.60. The minimum atomic E-state index is -1.09. The maximum absolute atomic E-state index is 12.0. The van der Waals surface area contributed by atoms with Crippen LogP contribution in [0.5, 0.6) is 0 Å². The maximum Gasteiger partial charge on any atom is 0.337 e. The summed E-state index contributed by atoms with van der Waals surface area (Å²) < 4.78 is 0. The lowest BCUT2D eigenvalue weighted by atomic mass is 10.1. The Morgan fingerprint density at radius 1 is 1.04 bits per heavy atom. The van der Waals surface area contributed by atoms with Crippen molar-refractivity contribution in [3.8, 4) is 0 Å². The Bertz CT molecular complexity index is 948. The molecule has 1 aromatic heterocycles. The number of benzene rings is 2. The molecule has 0 radical (unpaired) electrons. The molecule has 5 nitrogen and oxygen atoms in total. The fourth-order valence-corrected chi connectivity index (χ4v) is 2.30. The smallest absolute Gasteiger partial charge is 0.337 e. The summed E-state index contributed by atoms with van der Waals surface area (Å²) >= 11 is 0. The van der Waals surface area contributed by atoms with Gasteiger partial charge in [-0.2, -0.15) is 0 Å². The van der Waals surface area contributed by atoms with E-state index in [0.717, 1.165) is 16.5 Å². The number of anilines is 1. The van der Waals surface area contributed by atoms with E-state index >= 15 is 0 Å². The Hall–Kier alpha value is -3.47. The van der Waals surface area contributed by atoms with E-state index in [4.69, 9.17) is 5.11 Å². The second-order valence-corrected chi connectivity index (χ2v) is 5.13. The van der Waals surface area contributed by atoms with Gasteiger partial charge in [0.05, 0.1) is 16.8 Å². The molecule has 0 bridgehead atoms. The molecule has 0 aliphatic heterocycles. The van der Waals surface area contributed by atoms with Gasteiger partial charge in [0.2, 0.25) is 5.91 Å². The molecule has 3 aromatic rings. The largest absolute Gasteiger partial charge is 0.478 e. The molecule has 0 fully saturated rings. The highest BCUT2D eigenvalue weighted by atomic mass is 16.4. The molecule has 0 aliphatic rings. The van der Waals surface area contributed by atoms with E-state index in [0.29, 0.717) is 0 Å². The Kier molecular flexibility index (Phi) is 4.34. The topological polar surface area (TPSA) is 79.3 Å². The monoisotopic (exact) mass is 318 g/mol. The van der Waals surface area contributed by atoms with Gasteiger partial charge in [0.1, 0.15) is 0 Å². The molecule has 5 heteroatoms. The lowest BCUT2D eigenvalue weighted by Crippen LogP contribution is -2.11. The van der Waals surface area contributed by atoms with Crippen LogP contribution in [0, 0.1) is 0 Å². The number of carbonyl (C=O) groups is 2. The molecule has 118 valence electrons. The number of fused-ring (bicyclic) bond motifs is 1. The van der Waals surface area contributed by atoms with Crippen molar-refractivity contribution in [3.63, 3.8) is 0 Å². The average molecular weight is 318 g/mol. The van der Waals surface area contributed by atoms with Crippen LogP contribution in [0.2, 0.25) is 0 Å². The van der Waals surface area contributed by atoms with Crippen LogP contribution < -0.4 is 5.32 Å². The van der Waals surface area contributed by atoms with E-state index in [1.165, 1.54) is 12.1 Å². The molecule has 2 aromatic carbocycles. The summed E-state index contributed by atoms with van der Waals surface area (Å²) in [6.45, 7) is 0. The van der Waals surface area contributed by atoms with Crippen LogP contribution in [-0.2, 0) is 4.79 Å². The van der Waals surface area contributed by atoms with Crippen LogP contribution in [0.15, 0.2) is 66.9 Å². The van der Waals surface area contributed by atoms with Crippen LogP contribution >= 0.6 is 0 Å². The summed E-state index contributed by atoms with van der Waals surface area (Å²) in [5.41, 5.74) is 1.98. The third-order valence-electron chi connectivity index (χ3n) is 3.45. The van der Waals surface area contributed by atoms with Gasteiger partial charge in [0.15, 0.2) is 0 Å². The van der Waals surface area contributed by atoms with Crippen molar-refractivity contribution in [2.75, 3.05) is 5.32 Å². The summed E-state index contributed by atoms with van der Waals surface area (Å²) in [7, 11) is 0. The van der Waals surface area contributed by atoms with Crippen molar-refractivity contribution >= 4 is 34.5 Å². The number of pyridine rings is 1. The number of nitrogens with zero attached hydrogens (tertiary/aromatic N) is 1. The second kappa shape index (κ2) is 6.75. The molecule has 3 rings (SSSR count). The molecule has 0 saturated heterocycles. The maximum atomic E-state index is 12.0. The first kappa shape index (κ1) is 15.4. The van der Waals surface area contributed by atoms with Gasteiger partial charge in [-0.25, -0.2) is 4.79 Å². The molecule has 2 N–H and O–H groups in total. The zero-order chi connectivity index (χ0) is 16.9. The highest BCUT2D eigenvalue weighted by molar-refractivity contribution is 6.06. The third-order valence-corrected chi connectivity index (χ3v) is 3.45. The summed E-state index contributed by atoms with van der Waals surface area (Å²) in [5.74, 6) is -1.49. The fourth-order valence-electron chi connectivity index (χ4n) is 2.30. The summed E-state index contributed by atoms with van der Waals surface area (Å²) in [6.07, 6.45) is 4.67. The first-order valence-electron chi connectivity index (χ1n) is 7.30. The van der Waals surface area contributed by atoms with E-state index in [2.05, 4.69) is 10.3 Å². The Balaban J connectivity index is 1.76. The van der Waals surface area contributed by atoms with Crippen LogP contribution in [0.1, 0.15) is 15.9 Å². The Morgan fingerprint density at radius 3 is 2.62 bits per heavy atom. The normalized spacial score (nSPS) is 10.8. The lowest BCUT2D eigenvalue weighted by molar-refractivity contribution is -0.111. The number of amides is 1. The molecule has 24 heavy (non-hydrogen) atoms. The van der Waals surface area contributed by atoms with Crippen molar-refractivity contribution in [1.29, 1.82) is 0 Å². The van der Waals surface area contributed by atoms with Crippen LogP contribution in [0.3, 0.4) is 0 Å². The quantitative estimate of drug-likeness (QED) is 0.721. The number of para-hydroxylation sites is 2. The molecule has 0 saturated carbocycles. The van der Waals surface area contributed by atoms with E-state index < -0.39 is 11.9 Å².